The molecule has 0 aromatic heterocycles. The molecule has 10 heteroatoms. The third-order valence-corrected chi connectivity index (χ3v) is 4.99. The standard InChI is InChI=1S/C21H23ClFN5O3/c22-15-3-1-4-17(13-15)26-21(31)28-12-2-11-27(19(28)18(29)25-10-9-24)20(30)14-5-7-16(23)8-6-14/h1,3-8,13,19H,2,9-12,24H2,(H,25,29)(H,26,31). The molecule has 4 N–H and O–H groups in total. The van der Waals surface area contributed by atoms with Crippen LogP contribution in [0, 0.1) is 5.82 Å². The second-order valence-corrected chi connectivity index (χ2v) is 7.38. The van der Waals surface area contributed by atoms with Crippen LogP contribution in [-0.4, -0.2) is 60.0 Å². The number of amides is 4. The molecule has 1 aliphatic heterocycles. The zero-order valence-corrected chi connectivity index (χ0v) is 17.4. The molecule has 1 aliphatic rings. The number of nitrogens with two attached hydrogens (primary N) is 1. The number of nitrogens with one attached hydrogen (secondary N) is 2. The van der Waals surface area contributed by atoms with Crippen molar-refractivity contribution in [3.05, 3.63) is 64.9 Å². The zero-order chi connectivity index (χ0) is 22.4. The smallest absolute Gasteiger partial charge is 0.323 e. The van der Waals surface area contributed by atoms with Crippen molar-refractivity contribution in [2.24, 2.45) is 5.73 Å². The highest BCUT2D eigenvalue weighted by Crippen LogP contribution is 2.21. The van der Waals surface area contributed by atoms with Gasteiger partial charge in [0.1, 0.15) is 5.82 Å². The summed E-state index contributed by atoms with van der Waals surface area (Å²) in [5, 5.41) is 5.80. The summed E-state index contributed by atoms with van der Waals surface area (Å²) in [5.74, 6) is -1.48. The Labute approximate surface area is 184 Å². The highest BCUT2D eigenvalue weighted by atomic mass is 35.5. The number of anilines is 1. The Morgan fingerprint density at radius 2 is 1.81 bits per heavy atom. The molecule has 4 amide bonds. The average molecular weight is 448 g/mol. The Morgan fingerprint density at radius 1 is 1.10 bits per heavy atom. The van der Waals surface area contributed by atoms with Crippen LogP contribution in [0.1, 0.15) is 16.8 Å². The van der Waals surface area contributed by atoms with Gasteiger partial charge in [-0.05, 0) is 48.9 Å². The van der Waals surface area contributed by atoms with E-state index in [0.29, 0.717) is 17.1 Å². The normalized spacial score (nSPS) is 16.0. The largest absolute Gasteiger partial charge is 0.351 e. The van der Waals surface area contributed by atoms with Crippen molar-refractivity contribution < 1.29 is 18.8 Å². The minimum Gasteiger partial charge on any atom is -0.351 e. The van der Waals surface area contributed by atoms with Crippen LogP contribution < -0.4 is 16.4 Å². The molecule has 1 atom stereocenters. The van der Waals surface area contributed by atoms with E-state index in [1.807, 2.05) is 0 Å². The molecule has 1 unspecified atom stereocenters. The second-order valence-electron chi connectivity index (χ2n) is 6.95. The molecule has 1 saturated heterocycles. The Morgan fingerprint density at radius 3 is 2.48 bits per heavy atom. The lowest BCUT2D eigenvalue weighted by Crippen LogP contribution is -2.64. The number of carbonyl (C=O) groups excluding carboxylic acids is 3. The number of hydrogen-bond acceptors (Lipinski definition) is 4. The Hall–Kier alpha value is -3.17. The molecule has 31 heavy (non-hydrogen) atoms. The van der Waals surface area contributed by atoms with E-state index in [1.165, 1.54) is 34.1 Å². The number of halogens is 2. The van der Waals surface area contributed by atoms with Crippen LogP contribution in [0.4, 0.5) is 14.9 Å². The van der Waals surface area contributed by atoms with Crippen LogP contribution in [-0.2, 0) is 4.79 Å². The summed E-state index contributed by atoms with van der Waals surface area (Å²) in [6, 6.07) is 11.1. The number of rotatable bonds is 5. The van der Waals surface area contributed by atoms with E-state index < -0.39 is 29.8 Å². The SMILES string of the molecule is NCCNC(=O)C1N(C(=O)Nc2cccc(Cl)c2)CCCN1C(=O)c1ccc(F)cc1. The minimum absolute atomic E-state index is 0.192. The van der Waals surface area contributed by atoms with Gasteiger partial charge in [0.05, 0.1) is 0 Å². The average Bonchev–Trinajstić information content (AvgIpc) is 2.77. The van der Waals surface area contributed by atoms with Crippen molar-refractivity contribution in [3.8, 4) is 0 Å². The van der Waals surface area contributed by atoms with Gasteiger partial charge in [-0.2, -0.15) is 0 Å². The van der Waals surface area contributed by atoms with Crippen LogP contribution in [0.3, 0.4) is 0 Å². The van der Waals surface area contributed by atoms with Crippen molar-refractivity contribution in [1.82, 2.24) is 15.1 Å². The first-order valence-electron chi connectivity index (χ1n) is 9.78. The summed E-state index contributed by atoms with van der Waals surface area (Å²) in [5.41, 5.74) is 6.16. The maximum absolute atomic E-state index is 13.3. The monoisotopic (exact) mass is 447 g/mol. The van der Waals surface area contributed by atoms with Crippen molar-refractivity contribution in [3.63, 3.8) is 0 Å². The van der Waals surface area contributed by atoms with Crippen LogP contribution in [0.5, 0.6) is 0 Å². The summed E-state index contributed by atoms with van der Waals surface area (Å²) >= 11 is 5.97. The lowest BCUT2D eigenvalue weighted by Gasteiger charge is -2.42. The van der Waals surface area contributed by atoms with Gasteiger partial charge in [0.25, 0.3) is 11.8 Å². The van der Waals surface area contributed by atoms with Gasteiger partial charge in [-0.1, -0.05) is 17.7 Å². The van der Waals surface area contributed by atoms with Crippen molar-refractivity contribution >= 4 is 35.1 Å². The molecule has 0 spiro atoms. The van der Waals surface area contributed by atoms with Gasteiger partial charge in [-0.15, -0.1) is 0 Å². The van der Waals surface area contributed by atoms with Crippen molar-refractivity contribution in [2.75, 3.05) is 31.5 Å². The van der Waals surface area contributed by atoms with Gasteiger partial charge in [-0.25, -0.2) is 9.18 Å². The number of urea groups is 1. The third-order valence-electron chi connectivity index (χ3n) is 4.76. The van der Waals surface area contributed by atoms with Gasteiger partial charge >= 0.3 is 6.03 Å². The van der Waals surface area contributed by atoms with Crippen molar-refractivity contribution in [2.45, 2.75) is 12.6 Å². The highest BCUT2D eigenvalue weighted by molar-refractivity contribution is 6.30. The van der Waals surface area contributed by atoms with Gasteiger partial charge in [0.2, 0.25) is 0 Å². The third kappa shape index (κ3) is 5.50. The van der Waals surface area contributed by atoms with Crippen LogP contribution in [0.15, 0.2) is 48.5 Å². The Kier molecular flexibility index (Phi) is 7.43. The molecular weight excluding hydrogens is 425 g/mol. The minimum atomic E-state index is -1.18. The van der Waals surface area contributed by atoms with E-state index in [0.717, 1.165) is 0 Å². The maximum atomic E-state index is 13.3. The van der Waals surface area contributed by atoms with E-state index in [2.05, 4.69) is 10.6 Å². The van der Waals surface area contributed by atoms with E-state index in [1.54, 1.807) is 24.3 Å². The van der Waals surface area contributed by atoms with E-state index in [-0.39, 0.29) is 31.7 Å². The van der Waals surface area contributed by atoms with Crippen LogP contribution >= 0.6 is 11.6 Å². The highest BCUT2D eigenvalue weighted by Gasteiger charge is 2.40. The molecule has 0 bridgehead atoms. The molecule has 0 aliphatic carbocycles. The Balaban J connectivity index is 1.87. The summed E-state index contributed by atoms with van der Waals surface area (Å²) in [6.07, 6.45) is -0.714. The van der Waals surface area contributed by atoms with Gasteiger partial charge in [0, 0.05) is 42.5 Å². The molecule has 0 saturated carbocycles. The van der Waals surface area contributed by atoms with E-state index in [9.17, 15) is 18.8 Å². The number of nitrogens with zero attached hydrogens (tertiary/aromatic N) is 2. The summed E-state index contributed by atoms with van der Waals surface area (Å²) in [6.45, 7) is 0.926. The maximum Gasteiger partial charge on any atom is 0.323 e. The predicted octanol–water partition coefficient (Wildman–Crippen LogP) is 2.26. The number of carbonyl (C=O) groups is 3. The molecule has 164 valence electrons. The fourth-order valence-corrected chi connectivity index (χ4v) is 3.53. The molecular formula is C21H23ClFN5O3. The molecule has 1 heterocycles. The first kappa shape index (κ1) is 22.5. The van der Waals surface area contributed by atoms with Gasteiger partial charge in [-0.3, -0.25) is 14.5 Å². The number of benzene rings is 2. The fourth-order valence-electron chi connectivity index (χ4n) is 3.34. The summed E-state index contributed by atoms with van der Waals surface area (Å²) < 4.78 is 13.3. The number of hydrogen-bond donors (Lipinski definition) is 3. The van der Waals surface area contributed by atoms with Crippen LogP contribution in [0.2, 0.25) is 5.02 Å². The van der Waals surface area contributed by atoms with Gasteiger partial charge in [0.15, 0.2) is 6.17 Å². The van der Waals surface area contributed by atoms with Gasteiger partial charge < -0.3 is 21.3 Å². The molecule has 8 nitrogen and oxygen atoms in total. The van der Waals surface area contributed by atoms with Crippen LogP contribution in [0.25, 0.3) is 0 Å². The second kappa shape index (κ2) is 10.2. The lowest BCUT2D eigenvalue weighted by molar-refractivity contribution is -0.132. The summed E-state index contributed by atoms with van der Waals surface area (Å²) in [7, 11) is 0. The lowest BCUT2D eigenvalue weighted by atomic mass is 10.1. The van der Waals surface area contributed by atoms with E-state index >= 15 is 0 Å². The zero-order valence-electron chi connectivity index (χ0n) is 16.7. The first-order valence-corrected chi connectivity index (χ1v) is 10.2. The molecule has 1 fully saturated rings. The predicted molar refractivity (Wildman–Crippen MR) is 115 cm³/mol. The molecule has 2 aromatic carbocycles. The fraction of sp³-hybridized carbons (Fsp3) is 0.286. The topological polar surface area (TPSA) is 108 Å². The summed E-state index contributed by atoms with van der Waals surface area (Å²) in [4.78, 5) is 41.6. The molecule has 2 aromatic rings. The Bertz CT molecular complexity index is 956. The van der Waals surface area contributed by atoms with E-state index in [4.69, 9.17) is 17.3 Å². The van der Waals surface area contributed by atoms with Crippen molar-refractivity contribution in [1.29, 1.82) is 0 Å². The molecule has 3 rings (SSSR count). The quantitative estimate of drug-likeness (QED) is 0.653. The first-order chi connectivity index (χ1) is 14.9. The molecule has 0 radical (unpaired) electrons.